The van der Waals surface area contributed by atoms with Crippen molar-refractivity contribution in [3.63, 3.8) is 0 Å². The lowest BCUT2D eigenvalue weighted by Gasteiger charge is -2.07. The molecule has 108 valence electrons. The number of benzene rings is 1. The Balaban J connectivity index is 1.88. The normalized spacial score (nSPS) is 12.6. The third kappa shape index (κ3) is 3.82. The quantitative estimate of drug-likeness (QED) is 0.698. The van der Waals surface area contributed by atoms with E-state index in [0.29, 0.717) is 31.0 Å². The SMILES string of the molecule is Cc1ccc2oc(C(=O)NCCNCC(C)O)cc2c1. The maximum Gasteiger partial charge on any atom is 0.287 e. The molecule has 2 aromatic rings. The second-order valence-electron chi connectivity index (χ2n) is 4.96. The molecular weight excluding hydrogens is 256 g/mol. The van der Waals surface area contributed by atoms with Gasteiger partial charge in [0.2, 0.25) is 0 Å². The van der Waals surface area contributed by atoms with Crippen LogP contribution in [0.2, 0.25) is 0 Å². The predicted molar refractivity (Wildman–Crippen MR) is 77.8 cm³/mol. The lowest BCUT2D eigenvalue weighted by molar-refractivity contribution is 0.0928. The molecule has 0 radical (unpaired) electrons. The molecule has 3 N–H and O–H groups in total. The monoisotopic (exact) mass is 276 g/mol. The van der Waals surface area contributed by atoms with Crippen LogP contribution in [-0.4, -0.2) is 36.8 Å². The summed E-state index contributed by atoms with van der Waals surface area (Å²) in [5.74, 6) is 0.0961. The molecule has 0 fully saturated rings. The molecule has 0 aliphatic carbocycles. The number of hydrogen-bond donors (Lipinski definition) is 3. The molecule has 0 bridgehead atoms. The number of amides is 1. The number of furan rings is 1. The molecule has 0 aliphatic heterocycles. The molecule has 0 saturated heterocycles. The summed E-state index contributed by atoms with van der Waals surface area (Å²) in [5, 5.41) is 15.8. The molecule has 5 nitrogen and oxygen atoms in total. The molecule has 5 heteroatoms. The van der Waals surface area contributed by atoms with E-state index < -0.39 is 0 Å². The minimum atomic E-state index is -0.385. The number of aliphatic hydroxyl groups excluding tert-OH is 1. The van der Waals surface area contributed by atoms with E-state index in [1.807, 2.05) is 25.1 Å². The zero-order valence-electron chi connectivity index (χ0n) is 11.8. The van der Waals surface area contributed by atoms with Crippen LogP contribution in [0, 0.1) is 6.92 Å². The van der Waals surface area contributed by atoms with E-state index >= 15 is 0 Å². The lowest BCUT2D eigenvalue weighted by atomic mass is 10.2. The minimum Gasteiger partial charge on any atom is -0.451 e. The van der Waals surface area contributed by atoms with Gasteiger partial charge in [-0.15, -0.1) is 0 Å². The minimum absolute atomic E-state index is 0.224. The molecule has 1 atom stereocenters. The van der Waals surface area contributed by atoms with Gasteiger partial charge in [-0.25, -0.2) is 0 Å². The Bertz CT molecular complexity index is 590. The van der Waals surface area contributed by atoms with Crippen molar-refractivity contribution in [1.82, 2.24) is 10.6 Å². The van der Waals surface area contributed by atoms with Crippen molar-refractivity contribution in [2.24, 2.45) is 0 Å². The molecule has 20 heavy (non-hydrogen) atoms. The van der Waals surface area contributed by atoms with Gasteiger partial charge in [0.05, 0.1) is 6.10 Å². The lowest BCUT2D eigenvalue weighted by Crippen LogP contribution is -2.34. The van der Waals surface area contributed by atoms with E-state index in [9.17, 15) is 4.79 Å². The third-order valence-corrected chi connectivity index (χ3v) is 2.92. The van der Waals surface area contributed by atoms with Gasteiger partial charge in [0.1, 0.15) is 5.58 Å². The van der Waals surface area contributed by atoms with E-state index in [0.717, 1.165) is 10.9 Å². The standard InChI is InChI=1S/C15H20N2O3/c1-10-3-4-13-12(7-10)8-14(20-13)15(19)17-6-5-16-9-11(2)18/h3-4,7-8,11,16,18H,5-6,9H2,1-2H3,(H,17,19). The second-order valence-corrected chi connectivity index (χ2v) is 4.96. The molecule has 0 saturated carbocycles. The highest BCUT2D eigenvalue weighted by Gasteiger charge is 2.11. The molecular formula is C15H20N2O3. The van der Waals surface area contributed by atoms with Crippen LogP contribution in [0.4, 0.5) is 0 Å². The average molecular weight is 276 g/mol. The predicted octanol–water partition coefficient (Wildman–Crippen LogP) is 1.44. The van der Waals surface area contributed by atoms with Gasteiger partial charge in [-0.3, -0.25) is 4.79 Å². The molecule has 0 aliphatic rings. The number of hydrogen-bond acceptors (Lipinski definition) is 4. The number of nitrogens with one attached hydrogen (secondary N) is 2. The maximum atomic E-state index is 11.9. The first kappa shape index (κ1) is 14.6. The van der Waals surface area contributed by atoms with Crippen LogP contribution in [0.25, 0.3) is 11.0 Å². The molecule has 2 rings (SSSR count). The molecule has 0 spiro atoms. The van der Waals surface area contributed by atoms with Gasteiger partial charge in [0.25, 0.3) is 5.91 Å². The topological polar surface area (TPSA) is 74.5 Å². The van der Waals surface area contributed by atoms with Gasteiger partial charge < -0.3 is 20.2 Å². The first-order chi connectivity index (χ1) is 9.56. The van der Waals surface area contributed by atoms with Crippen LogP contribution >= 0.6 is 0 Å². The zero-order chi connectivity index (χ0) is 14.5. The third-order valence-electron chi connectivity index (χ3n) is 2.92. The molecule has 1 unspecified atom stereocenters. The first-order valence-corrected chi connectivity index (χ1v) is 6.73. The fraction of sp³-hybridized carbons (Fsp3) is 0.400. The summed E-state index contributed by atoms with van der Waals surface area (Å²) in [6.07, 6.45) is -0.385. The van der Waals surface area contributed by atoms with Crippen molar-refractivity contribution < 1.29 is 14.3 Å². The number of carbonyl (C=O) groups is 1. The maximum absolute atomic E-state index is 11.9. The number of rotatable bonds is 6. The Morgan fingerprint density at radius 2 is 2.15 bits per heavy atom. The van der Waals surface area contributed by atoms with Crippen LogP contribution in [0.3, 0.4) is 0 Å². The van der Waals surface area contributed by atoms with Gasteiger partial charge in [0.15, 0.2) is 5.76 Å². The van der Waals surface area contributed by atoms with Crippen molar-refractivity contribution in [1.29, 1.82) is 0 Å². The number of aliphatic hydroxyl groups is 1. The van der Waals surface area contributed by atoms with Crippen LogP contribution < -0.4 is 10.6 Å². The number of carbonyl (C=O) groups excluding carboxylic acids is 1. The number of aryl methyl sites for hydroxylation is 1. The summed E-state index contributed by atoms with van der Waals surface area (Å²) in [5.41, 5.74) is 1.85. The fourth-order valence-electron chi connectivity index (χ4n) is 1.94. The van der Waals surface area contributed by atoms with Gasteiger partial charge in [-0.2, -0.15) is 0 Å². The highest BCUT2D eigenvalue weighted by molar-refractivity contribution is 5.96. The Morgan fingerprint density at radius 3 is 2.90 bits per heavy atom. The largest absolute Gasteiger partial charge is 0.451 e. The van der Waals surface area contributed by atoms with Crippen LogP contribution in [-0.2, 0) is 0 Å². The van der Waals surface area contributed by atoms with Gasteiger partial charge in [-0.1, -0.05) is 11.6 Å². The van der Waals surface area contributed by atoms with Gasteiger partial charge in [-0.05, 0) is 32.0 Å². The second kappa shape index (κ2) is 6.54. The average Bonchev–Trinajstić information content (AvgIpc) is 2.80. The summed E-state index contributed by atoms with van der Waals surface area (Å²) in [6.45, 7) is 5.32. The van der Waals surface area contributed by atoms with Crippen molar-refractivity contribution in [2.45, 2.75) is 20.0 Å². The Kier molecular flexibility index (Phi) is 4.76. The highest BCUT2D eigenvalue weighted by Crippen LogP contribution is 2.20. The Morgan fingerprint density at radius 1 is 1.35 bits per heavy atom. The van der Waals surface area contributed by atoms with Crippen molar-refractivity contribution in [3.8, 4) is 0 Å². The zero-order valence-corrected chi connectivity index (χ0v) is 11.8. The summed E-state index contributed by atoms with van der Waals surface area (Å²) in [7, 11) is 0. The fourth-order valence-corrected chi connectivity index (χ4v) is 1.94. The molecule has 1 aromatic heterocycles. The van der Waals surface area contributed by atoms with E-state index in [1.165, 1.54) is 0 Å². The van der Waals surface area contributed by atoms with Crippen LogP contribution in [0.5, 0.6) is 0 Å². The Labute approximate surface area is 118 Å². The van der Waals surface area contributed by atoms with Crippen molar-refractivity contribution in [3.05, 3.63) is 35.6 Å². The molecule has 1 aromatic carbocycles. The summed E-state index contributed by atoms with van der Waals surface area (Å²) in [6, 6.07) is 7.56. The summed E-state index contributed by atoms with van der Waals surface area (Å²) < 4.78 is 5.51. The first-order valence-electron chi connectivity index (χ1n) is 6.73. The van der Waals surface area contributed by atoms with Crippen LogP contribution in [0.1, 0.15) is 23.0 Å². The van der Waals surface area contributed by atoms with Crippen LogP contribution in [0.15, 0.2) is 28.7 Å². The summed E-state index contributed by atoms with van der Waals surface area (Å²) in [4.78, 5) is 11.9. The Hall–Kier alpha value is -1.85. The smallest absolute Gasteiger partial charge is 0.287 e. The van der Waals surface area contributed by atoms with E-state index in [2.05, 4.69) is 10.6 Å². The molecule has 1 amide bonds. The highest BCUT2D eigenvalue weighted by atomic mass is 16.3. The van der Waals surface area contributed by atoms with E-state index in [4.69, 9.17) is 9.52 Å². The van der Waals surface area contributed by atoms with E-state index in [1.54, 1.807) is 13.0 Å². The molecule has 1 heterocycles. The van der Waals surface area contributed by atoms with Crippen molar-refractivity contribution >= 4 is 16.9 Å². The van der Waals surface area contributed by atoms with E-state index in [-0.39, 0.29) is 12.0 Å². The van der Waals surface area contributed by atoms with Gasteiger partial charge >= 0.3 is 0 Å². The number of fused-ring (bicyclic) bond motifs is 1. The van der Waals surface area contributed by atoms with Gasteiger partial charge in [0, 0.05) is 25.0 Å². The van der Waals surface area contributed by atoms with Crippen molar-refractivity contribution in [2.75, 3.05) is 19.6 Å². The summed E-state index contributed by atoms with van der Waals surface area (Å²) >= 11 is 0.